The van der Waals surface area contributed by atoms with Crippen molar-refractivity contribution in [2.75, 3.05) is 6.61 Å². The molecule has 1 amide bonds. The van der Waals surface area contributed by atoms with Crippen LogP contribution in [0.1, 0.15) is 36.3 Å². The van der Waals surface area contributed by atoms with Gasteiger partial charge in [-0.2, -0.15) is 0 Å². The molecule has 0 heterocycles. The molecule has 27 heavy (non-hydrogen) atoms. The molecule has 2 fully saturated rings. The van der Waals surface area contributed by atoms with E-state index < -0.39 is 17.6 Å². The zero-order chi connectivity index (χ0) is 18.6. The van der Waals surface area contributed by atoms with Gasteiger partial charge in [-0.1, -0.05) is 55.0 Å². The first-order valence-electron chi connectivity index (χ1n) is 9.49. The van der Waals surface area contributed by atoms with Crippen LogP contribution in [0.4, 0.5) is 4.79 Å². The highest BCUT2D eigenvalue weighted by molar-refractivity contribution is 5.89. The number of ether oxygens (including phenoxy) is 1. The number of benzene rings is 2. The number of aliphatic carboxylic acids is 1. The van der Waals surface area contributed by atoms with Crippen LogP contribution in [-0.4, -0.2) is 29.3 Å². The van der Waals surface area contributed by atoms with E-state index in [0.29, 0.717) is 0 Å². The maximum atomic E-state index is 12.4. The van der Waals surface area contributed by atoms with E-state index in [1.807, 2.05) is 24.3 Å². The molecule has 2 aromatic rings. The highest BCUT2D eigenvalue weighted by atomic mass is 16.5. The highest BCUT2D eigenvalue weighted by Gasteiger charge is 2.72. The van der Waals surface area contributed by atoms with Crippen molar-refractivity contribution in [1.29, 1.82) is 0 Å². The van der Waals surface area contributed by atoms with Gasteiger partial charge in [0, 0.05) is 5.92 Å². The van der Waals surface area contributed by atoms with Crippen LogP contribution < -0.4 is 5.32 Å². The lowest BCUT2D eigenvalue weighted by Gasteiger charge is -2.19. The first-order chi connectivity index (χ1) is 13.1. The van der Waals surface area contributed by atoms with Gasteiger partial charge in [0.2, 0.25) is 0 Å². The predicted molar refractivity (Wildman–Crippen MR) is 99.4 cm³/mol. The number of carboxylic acid groups (broad SMARTS) is 1. The van der Waals surface area contributed by atoms with E-state index in [2.05, 4.69) is 29.6 Å². The molecule has 2 N–H and O–H groups in total. The van der Waals surface area contributed by atoms with Crippen molar-refractivity contribution in [3.63, 3.8) is 0 Å². The Morgan fingerprint density at radius 2 is 1.56 bits per heavy atom. The molecule has 2 atom stereocenters. The first-order valence-corrected chi connectivity index (χ1v) is 9.49. The number of nitrogens with one attached hydrogen (secondary N) is 1. The molecule has 2 unspecified atom stereocenters. The van der Waals surface area contributed by atoms with E-state index in [-0.39, 0.29) is 24.4 Å². The third kappa shape index (κ3) is 2.30. The molecular formula is C22H21NO4. The minimum atomic E-state index is -1.11. The highest BCUT2D eigenvalue weighted by Crippen LogP contribution is 2.60. The maximum absolute atomic E-state index is 12.4. The van der Waals surface area contributed by atoms with E-state index in [1.165, 1.54) is 11.1 Å². The molecule has 0 aromatic heterocycles. The topological polar surface area (TPSA) is 75.6 Å². The van der Waals surface area contributed by atoms with E-state index in [0.717, 1.165) is 30.4 Å². The Morgan fingerprint density at radius 1 is 1.00 bits per heavy atom. The smallest absolute Gasteiger partial charge is 0.408 e. The summed E-state index contributed by atoms with van der Waals surface area (Å²) in [6.45, 7) is 0.199. The SMILES string of the molecule is O=C(NC1(C(=O)O)C2CCCC21)OCC1c2ccccc2-c2ccccc21. The predicted octanol–water partition coefficient (Wildman–Crippen LogP) is 3.78. The monoisotopic (exact) mass is 363 g/mol. The van der Waals surface area contributed by atoms with E-state index in [1.54, 1.807) is 0 Å². The standard InChI is InChI=1S/C22H21NO4/c24-20(25)22(18-10-5-11-19(18)22)23-21(26)27-12-17-15-8-3-1-6-13(15)14-7-2-4-9-16(14)17/h1-4,6-9,17-19H,5,10-12H2,(H,23,26)(H,24,25). The van der Waals surface area contributed by atoms with Crippen LogP contribution in [0.25, 0.3) is 11.1 Å². The summed E-state index contributed by atoms with van der Waals surface area (Å²) in [6.07, 6.45) is 2.13. The summed E-state index contributed by atoms with van der Waals surface area (Å²) in [7, 11) is 0. The molecule has 138 valence electrons. The van der Waals surface area contributed by atoms with Gasteiger partial charge in [-0.05, 0) is 46.9 Å². The summed E-state index contributed by atoms with van der Waals surface area (Å²) in [5.74, 6) is -0.862. The fourth-order valence-corrected chi connectivity index (χ4v) is 5.31. The second-order valence-electron chi connectivity index (χ2n) is 7.77. The molecule has 3 aliphatic rings. The van der Waals surface area contributed by atoms with Crippen LogP contribution in [0.5, 0.6) is 0 Å². The molecule has 0 spiro atoms. The van der Waals surface area contributed by atoms with Gasteiger partial charge in [0.25, 0.3) is 0 Å². The third-order valence-electron chi connectivity index (χ3n) is 6.58. The number of carbonyl (C=O) groups excluding carboxylic acids is 1. The van der Waals surface area contributed by atoms with Gasteiger partial charge in [-0.25, -0.2) is 9.59 Å². The molecule has 5 rings (SSSR count). The second-order valence-corrected chi connectivity index (χ2v) is 7.77. The van der Waals surface area contributed by atoms with Crippen molar-refractivity contribution in [3.05, 3.63) is 59.7 Å². The largest absolute Gasteiger partial charge is 0.479 e. The van der Waals surface area contributed by atoms with Gasteiger partial charge in [0.1, 0.15) is 12.1 Å². The summed E-state index contributed by atoms with van der Waals surface area (Å²) in [6, 6.07) is 16.3. The zero-order valence-electron chi connectivity index (χ0n) is 14.9. The minimum Gasteiger partial charge on any atom is -0.479 e. The van der Waals surface area contributed by atoms with E-state index >= 15 is 0 Å². The van der Waals surface area contributed by atoms with Crippen LogP contribution in [0, 0.1) is 11.8 Å². The Kier molecular flexibility index (Phi) is 3.54. The van der Waals surface area contributed by atoms with Gasteiger partial charge < -0.3 is 15.2 Å². The van der Waals surface area contributed by atoms with Crippen molar-refractivity contribution in [2.45, 2.75) is 30.7 Å². The molecule has 5 nitrogen and oxygen atoms in total. The summed E-state index contributed by atoms with van der Waals surface area (Å²) in [4.78, 5) is 24.2. The lowest BCUT2D eigenvalue weighted by Crippen LogP contribution is -2.47. The Morgan fingerprint density at radius 3 is 2.11 bits per heavy atom. The summed E-state index contributed by atoms with van der Waals surface area (Å²) < 4.78 is 5.52. The minimum absolute atomic E-state index is 0.0253. The first kappa shape index (κ1) is 16.4. The van der Waals surface area contributed by atoms with Crippen LogP contribution >= 0.6 is 0 Å². The molecule has 5 heteroatoms. The fourth-order valence-electron chi connectivity index (χ4n) is 5.31. The molecule has 0 radical (unpaired) electrons. The summed E-state index contributed by atoms with van der Waals surface area (Å²) in [5, 5.41) is 12.3. The van der Waals surface area contributed by atoms with Crippen LogP contribution in [0.2, 0.25) is 0 Å². The molecule has 0 bridgehead atoms. The van der Waals surface area contributed by atoms with Gasteiger partial charge >= 0.3 is 12.1 Å². The quantitative estimate of drug-likeness (QED) is 0.867. The molecule has 2 aromatic carbocycles. The van der Waals surface area contributed by atoms with Crippen molar-refractivity contribution in [2.24, 2.45) is 11.8 Å². The number of alkyl carbamates (subject to hydrolysis) is 1. The van der Waals surface area contributed by atoms with Crippen LogP contribution in [0.15, 0.2) is 48.5 Å². The number of carbonyl (C=O) groups is 2. The number of hydrogen-bond acceptors (Lipinski definition) is 3. The molecule has 0 aliphatic heterocycles. The lowest BCUT2D eigenvalue weighted by molar-refractivity contribution is -0.141. The average molecular weight is 363 g/mol. The second kappa shape index (κ2) is 5.84. The van der Waals surface area contributed by atoms with Gasteiger partial charge in [-0.3, -0.25) is 0 Å². The van der Waals surface area contributed by atoms with Crippen molar-refractivity contribution < 1.29 is 19.4 Å². The third-order valence-corrected chi connectivity index (χ3v) is 6.58. The average Bonchev–Trinajstić information content (AvgIpc) is 3.02. The van der Waals surface area contributed by atoms with Gasteiger partial charge in [0.15, 0.2) is 0 Å². The van der Waals surface area contributed by atoms with Crippen molar-refractivity contribution in [1.82, 2.24) is 5.32 Å². The van der Waals surface area contributed by atoms with E-state index in [4.69, 9.17) is 4.74 Å². The van der Waals surface area contributed by atoms with Gasteiger partial charge in [-0.15, -0.1) is 0 Å². The lowest BCUT2D eigenvalue weighted by atomic mass is 9.98. The molecule has 0 saturated heterocycles. The summed E-state index contributed by atoms with van der Waals surface area (Å²) in [5.41, 5.74) is 3.51. The molecular weight excluding hydrogens is 342 g/mol. The number of carboxylic acids is 1. The van der Waals surface area contributed by atoms with Crippen LogP contribution in [-0.2, 0) is 9.53 Å². The number of hydrogen-bond donors (Lipinski definition) is 2. The Labute approximate surface area is 157 Å². The molecule has 3 aliphatic carbocycles. The number of fused-ring (bicyclic) bond motifs is 4. The van der Waals surface area contributed by atoms with Gasteiger partial charge in [0.05, 0.1) is 0 Å². The number of rotatable bonds is 4. The fraction of sp³-hybridized carbons (Fsp3) is 0.364. The van der Waals surface area contributed by atoms with Crippen molar-refractivity contribution in [3.8, 4) is 11.1 Å². The number of amides is 1. The normalized spacial score (nSPS) is 27.4. The van der Waals surface area contributed by atoms with E-state index in [9.17, 15) is 14.7 Å². The van der Waals surface area contributed by atoms with Crippen molar-refractivity contribution >= 4 is 12.1 Å². The zero-order valence-corrected chi connectivity index (χ0v) is 14.9. The Bertz CT molecular complexity index is 882. The Balaban J connectivity index is 1.32. The Hall–Kier alpha value is -2.82. The maximum Gasteiger partial charge on any atom is 0.408 e. The van der Waals surface area contributed by atoms with Crippen LogP contribution in [0.3, 0.4) is 0 Å². The summed E-state index contributed by atoms with van der Waals surface area (Å²) >= 11 is 0. The molecule has 2 saturated carbocycles.